The second-order valence-electron chi connectivity index (χ2n) is 4.59. The van der Waals surface area contributed by atoms with Gasteiger partial charge in [0.25, 0.3) is 10.0 Å². The maximum atomic E-state index is 12.6. The third-order valence-corrected chi connectivity index (χ3v) is 8.01. The molecule has 0 aromatic carbocycles. The van der Waals surface area contributed by atoms with Crippen molar-refractivity contribution >= 4 is 37.3 Å². The van der Waals surface area contributed by atoms with Gasteiger partial charge in [-0.3, -0.25) is 0 Å². The number of nitrogens with zero attached hydrogens (tertiary/aromatic N) is 1. The van der Waals surface area contributed by atoms with Gasteiger partial charge in [0.2, 0.25) is 0 Å². The lowest BCUT2D eigenvalue weighted by Gasteiger charge is -2.38. The molecule has 1 saturated heterocycles. The average Bonchev–Trinajstić information content (AvgIpc) is 2.75. The van der Waals surface area contributed by atoms with Crippen LogP contribution < -0.4 is 5.73 Å². The molecule has 0 unspecified atom stereocenters. The molecule has 2 atom stereocenters. The zero-order valence-corrected chi connectivity index (χ0v) is 13.4. The smallest absolute Gasteiger partial charge is 0.254 e. The first-order chi connectivity index (χ1) is 8.48. The molecule has 18 heavy (non-hydrogen) atoms. The van der Waals surface area contributed by atoms with Crippen molar-refractivity contribution in [2.45, 2.75) is 30.0 Å². The number of thiophene rings is 1. The van der Waals surface area contributed by atoms with Gasteiger partial charge in [-0.05, 0) is 46.1 Å². The Morgan fingerprint density at radius 2 is 2.33 bits per heavy atom. The number of sulfonamides is 1. The van der Waals surface area contributed by atoms with E-state index in [0.29, 0.717) is 27.7 Å². The molecule has 102 valence electrons. The highest BCUT2D eigenvalue weighted by molar-refractivity contribution is 9.10. The third-order valence-electron chi connectivity index (χ3n) is 3.43. The van der Waals surface area contributed by atoms with Crippen molar-refractivity contribution in [3.63, 3.8) is 0 Å². The first-order valence-electron chi connectivity index (χ1n) is 5.93. The molecule has 0 saturated carbocycles. The normalized spacial score (nSPS) is 26.4. The highest BCUT2D eigenvalue weighted by Crippen LogP contribution is 2.34. The summed E-state index contributed by atoms with van der Waals surface area (Å²) in [4.78, 5) is 0. The molecule has 7 heteroatoms. The molecule has 2 heterocycles. The van der Waals surface area contributed by atoms with Crippen LogP contribution in [0.15, 0.2) is 20.1 Å². The minimum Gasteiger partial charge on any atom is -0.329 e. The minimum absolute atomic E-state index is 0.0854. The second kappa shape index (κ2) is 5.58. The summed E-state index contributed by atoms with van der Waals surface area (Å²) >= 11 is 4.55. The monoisotopic (exact) mass is 352 g/mol. The van der Waals surface area contributed by atoms with Gasteiger partial charge in [0.15, 0.2) is 0 Å². The first kappa shape index (κ1) is 14.5. The zero-order chi connectivity index (χ0) is 13.3. The van der Waals surface area contributed by atoms with Gasteiger partial charge in [-0.1, -0.05) is 6.92 Å². The molecule has 0 spiro atoms. The van der Waals surface area contributed by atoms with E-state index in [2.05, 4.69) is 22.9 Å². The molecular formula is C11H17BrN2O2S2. The Bertz CT molecular complexity index is 515. The van der Waals surface area contributed by atoms with E-state index in [0.717, 1.165) is 12.8 Å². The first-order valence-corrected chi connectivity index (χ1v) is 9.04. The van der Waals surface area contributed by atoms with Crippen LogP contribution >= 0.6 is 27.3 Å². The standard InChI is InChI=1S/C11H17BrN2O2S2/c1-8-3-2-5-14(10(8)7-13)18(15,16)11-9(12)4-6-17-11/h4,6,8,10H,2-3,5,7,13H2,1H3/t8-,10+/m0/s1. The molecule has 1 aromatic rings. The summed E-state index contributed by atoms with van der Waals surface area (Å²) < 4.78 is 27.9. The SMILES string of the molecule is C[C@H]1CCCN(S(=O)(=O)c2sccc2Br)[C@@H]1CN. The van der Waals surface area contributed by atoms with Crippen LogP contribution in [0.1, 0.15) is 19.8 Å². The fourth-order valence-electron chi connectivity index (χ4n) is 2.43. The molecule has 2 N–H and O–H groups in total. The fraction of sp³-hybridized carbons (Fsp3) is 0.636. The summed E-state index contributed by atoms with van der Waals surface area (Å²) in [6, 6.07) is 1.68. The third kappa shape index (κ3) is 2.51. The Balaban J connectivity index is 2.37. The van der Waals surface area contributed by atoms with E-state index in [4.69, 9.17) is 5.73 Å². The average molecular weight is 353 g/mol. The predicted octanol–water partition coefficient (Wildman–Crippen LogP) is 2.26. The van der Waals surface area contributed by atoms with Crippen LogP contribution in [0.3, 0.4) is 0 Å². The number of piperidine rings is 1. The number of hydrogen-bond donors (Lipinski definition) is 1. The molecule has 1 aliphatic heterocycles. The summed E-state index contributed by atoms with van der Waals surface area (Å²) in [5.41, 5.74) is 5.76. The maximum Gasteiger partial charge on any atom is 0.254 e. The fourth-order valence-corrected chi connectivity index (χ4v) is 6.63. The molecule has 2 rings (SSSR count). The van der Waals surface area contributed by atoms with Gasteiger partial charge in [0, 0.05) is 23.6 Å². The molecule has 1 aromatic heterocycles. The largest absolute Gasteiger partial charge is 0.329 e. The van der Waals surface area contributed by atoms with Gasteiger partial charge in [-0.25, -0.2) is 8.42 Å². The molecule has 0 radical (unpaired) electrons. The van der Waals surface area contributed by atoms with E-state index < -0.39 is 10.0 Å². The highest BCUT2D eigenvalue weighted by atomic mass is 79.9. The van der Waals surface area contributed by atoms with Crippen LogP contribution in [-0.4, -0.2) is 31.9 Å². The van der Waals surface area contributed by atoms with Crippen LogP contribution in [0, 0.1) is 5.92 Å². The lowest BCUT2D eigenvalue weighted by Crippen LogP contribution is -2.51. The Hall–Kier alpha value is 0.0500. The summed E-state index contributed by atoms with van der Waals surface area (Å²) in [5.74, 6) is 0.317. The van der Waals surface area contributed by atoms with Crippen LogP contribution in [-0.2, 0) is 10.0 Å². The van der Waals surface area contributed by atoms with Crippen molar-refractivity contribution in [3.8, 4) is 0 Å². The number of hydrogen-bond acceptors (Lipinski definition) is 4. The Labute approximate surface area is 120 Å². The van der Waals surface area contributed by atoms with Gasteiger partial charge in [0.1, 0.15) is 4.21 Å². The van der Waals surface area contributed by atoms with Crippen molar-refractivity contribution < 1.29 is 8.42 Å². The van der Waals surface area contributed by atoms with Crippen LogP contribution in [0.5, 0.6) is 0 Å². The molecule has 0 aliphatic carbocycles. The number of nitrogens with two attached hydrogens (primary N) is 1. The van der Waals surface area contributed by atoms with E-state index in [1.165, 1.54) is 11.3 Å². The highest BCUT2D eigenvalue weighted by Gasteiger charge is 2.37. The van der Waals surface area contributed by atoms with E-state index in [-0.39, 0.29) is 6.04 Å². The molecular weight excluding hydrogens is 336 g/mol. The van der Waals surface area contributed by atoms with Crippen LogP contribution in [0.4, 0.5) is 0 Å². The van der Waals surface area contributed by atoms with Crippen LogP contribution in [0.2, 0.25) is 0 Å². The van der Waals surface area contributed by atoms with E-state index in [1.807, 2.05) is 0 Å². The number of halogens is 1. The number of rotatable bonds is 3. The van der Waals surface area contributed by atoms with Gasteiger partial charge >= 0.3 is 0 Å². The predicted molar refractivity (Wildman–Crippen MR) is 77.2 cm³/mol. The Kier molecular flexibility index (Phi) is 4.48. The second-order valence-corrected chi connectivity index (χ2v) is 8.45. The Morgan fingerprint density at radius 3 is 2.89 bits per heavy atom. The lowest BCUT2D eigenvalue weighted by molar-refractivity contribution is 0.193. The maximum absolute atomic E-state index is 12.6. The van der Waals surface area contributed by atoms with Crippen LogP contribution in [0.25, 0.3) is 0 Å². The van der Waals surface area contributed by atoms with E-state index in [9.17, 15) is 8.42 Å². The molecule has 1 fully saturated rings. The Morgan fingerprint density at radius 1 is 1.61 bits per heavy atom. The quantitative estimate of drug-likeness (QED) is 0.907. The lowest BCUT2D eigenvalue weighted by atomic mass is 9.93. The summed E-state index contributed by atoms with van der Waals surface area (Å²) in [5, 5.41) is 1.78. The van der Waals surface area contributed by atoms with E-state index >= 15 is 0 Å². The van der Waals surface area contributed by atoms with E-state index in [1.54, 1.807) is 15.8 Å². The van der Waals surface area contributed by atoms with Gasteiger partial charge < -0.3 is 5.73 Å². The van der Waals surface area contributed by atoms with Gasteiger partial charge in [-0.2, -0.15) is 4.31 Å². The van der Waals surface area contributed by atoms with Gasteiger partial charge in [-0.15, -0.1) is 11.3 Å². The van der Waals surface area contributed by atoms with Crippen molar-refractivity contribution in [1.82, 2.24) is 4.31 Å². The van der Waals surface area contributed by atoms with Gasteiger partial charge in [0.05, 0.1) is 0 Å². The topological polar surface area (TPSA) is 63.4 Å². The molecule has 4 nitrogen and oxygen atoms in total. The van der Waals surface area contributed by atoms with Crippen molar-refractivity contribution in [2.24, 2.45) is 11.7 Å². The molecule has 1 aliphatic rings. The molecule has 0 amide bonds. The zero-order valence-electron chi connectivity index (χ0n) is 10.2. The molecule has 0 bridgehead atoms. The van der Waals surface area contributed by atoms with Crippen molar-refractivity contribution in [2.75, 3.05) is 13.1 Å². The minimum atomic E-state index is -3.42. The summed E-state index contributed by atoms with van der Waals surface area (Å²) in [6.45, 7) is 3.02. The van der Waals surface area contributed by atoms with Crippen molar-refractivity contribution in [3.05, 3.63) is 15.9 Å². The summed E-state index contributed by atoms with van der Waals surface area (Å²) in [6.07, 6.45) is 1.94. The van der Waals surface area contributed by atoms with Crippen molar-refractivity contribution in [1.29, 1.82) is 0 Å². The summed E-state index contributed by atoms with van der Waals surface area (Å²) in [7, 11) is -3.42.